The number of hydrogen-bond donors (Lipinski definition) is 1. The van der Waals surface area contributed by atoms with Gasteiger partial charge in [0.25, 0.3) is 5.91 Å². The van der Waals surface area contributed by atoms with Crippen molar-refractivity contribution in [1.29, 1.82) is 0 Å². The van der Waals surface area contributed by atoms with Gasteiger partial charge in [-0.05, 0) is 48.2 Å². The van der Waals surface area contributed by atoms with Crippen molar-refractivity contribution >= 4 is 35.0 Å². The van der Waals surface area contributed by atoms with Crippen LogP contribution in [0.3, 0.4) is 0 Å². The second-order valence-corrected chi connectivity index (χ2v) is 9.33. The number of hydrogen-bond acceptors (Lipinski definition) is 3. The van der Waals surface area contributed by atoms with Crippen molar-refractivity contribution in [2.75, 3.05) is 25.0 Å². The van der Waals surface area contributed by atoms with Crippen LogP contribution in [0.5, 0.6) is 0 Å². The first-order valence-corrected chi connectivity index (χ1v) is 11.7. The number of rotatable bonds is 2. The minimum atomic E-state index is -0.671. The molecule has 1 aliphatic carbocycles. The van der Waals surface area contributed by atoms with Crippen LogP contribution < -0.4 is 5.32 Å². The van der Waals surface area contributed by atoms with E-state index in [9.17, 15) is 14.4 Å². The number of amides is 3. The zero-order chi connectivity index (χ0) is 22.2. The average Bonchev–Trinajstić information content (AvgIpc) is 2.93. The normalized spacial score (nSPS) is 21.5. The minimum absolute atomic E-state index is 0.0546. The Morgan fingerprint density at radius 3 is 2.41 bits per heavy atom. The quantitative estimate of drug-likeness (QED) is 0.744. The van der Waals surface area contributed by atoms with E-state index in [-0.39, 0.29) is 30.2 Å². The number of fused-ring (bicyclic) bond motifs is 2. The van der Waals surface area contributed by atoms with Crippen molar-refractivity contribution in [1.82, 2.24) is 9.80 Å². The number of anilines is 1. The highest BCUT2D eigenvalue weighted by Gasteiger charge is 2.41. The highest BCUT2D eigenvalue weighted by atomic mass is 35.5. The lowest BCUT2D eigenvalue weighted by atomic mass is 9.88. The van der Waals surface area contributed by atoms with Gasteiger partial charge in [-0.1, -0.05) is 49.1 Å². The largest absolute Gasteiger partial charge is 0.338 e. The summed E-state index contributed by atoms with van der Waals surface area (Å²) in [5, 5.41) is 3.57. The maximum atomic E-state index is 13.4. The Morgan fingerprint density at radius 1 is 0.938 bits per heavy atom. The van der Waals surface area contributed by atoms with Crippen molar-refractivity contribution in [2.45, 2.75) is 38.1 Å². The van der Waals surface area contributed by atoms with Gasteiger partial charge in [-0.15, -0.1) is 0 Å². The zero-order valence-electron chi connectivity index (χ0n) is 17.9. The maximum Gasteiger partial charge on any atom is 0.256 e. The first-order chi connectivity index (χ1) is 15.5. The first-order valence-electron chi connectivity index (χ1n) is 11.3. The molecule has 1 unspecified atom stereocenters. The van der Waals surface area contributed by atoms with Gasteiger partial charge < -0.3 is 15.1 Å². The molecule has 1 saturated heterocycles. The SMILES string of the molecule is O=C1Nc2ccc(-c3ccc(Cl)cc3)cc2C(=O)N2CCN(C(=O)C3CCCCC3)CC12. The Kier molecular flexibility index (Phi) is 5.64. The van der Waals surface area contributed by atoms with E-state index in [0.29, 0.717) is 29.4 Å². The van der Waals surface area contributed by atoms with Crippen LogP contribution >= 0.6 is 11.6 Å². The zero-order valence-corrected chi connectivity index (χ0v) is 18.6. The van der Waals surface area contributed by atoms with Crippen molar-refractivity contribution in [2.24, 2.45) is 5.92 Å². The summed E-state index contributed by atoms with van der Waals surface area (Å²) in [4.78, 5) is 42.9. The molecule has 0 bridgehead atoms. The third-order valence-corrected chi connectivity index (χ3v) is 7.15. The maximum absolute atomic E-state index is 13.4. The third kappa shape index (κ3) is 3.88. The average molecular weight is 452 g/mol. The van der Waals surface area contributed by atoms with Crippen LogP contribution in [-0.2, 0) is 9.59 Å². The second-order valence-electron chi connectivity index (χ2n) is 8.89. The molecule has 1 atom stereocenters. The molecule has 2 aromatic rings. The Morgan fingerprint density at radius 2 is 1.66 bits per heavy atom. The van der Waals surface area contributed by atoms with Gasteiger partial charge in [0, 0.05) is 24.0 Å². The minimum Gasteiger partial charge on any atom is -0.338 e. The van der Waals surface area contributed by atoms with E-state index in [4.69, 9.17) is 11.6 Å². The number of carbonyl (C=O) groups excluding carboxylic acids is 3. The molecule has 166 valence electrons. The fourth-order valence-corrected chi connectivity index (χ4v) is 5.21. The number of carbonyl (C=O) groups is 3. The highest BCUT2D eigenvalue weighted by Crippen LogP contribution is 2.32. The summed E-state index contributed by atoms with van der Waals surface area (Å²) in [6, 6.07) is 12.2. The molecule has 0 spiro atoms. The molecular formula is C25H26ClN3O3. The van der Waals surface area contributed by atoms with E-state index in [1.807, 2.05) is 36.4 Å². The standard InChI is InChI=1S/C25H26ClN3O3/c26-19-9-6-16(7-10-19)18-8-11-21-20(14-18)25(32)29-13-12-28(15-22(29)23(30)27-21)24(31)17-4-2-1-3-5-17/h6-11,14,17,22H,1-5,12-13,15H2,(H,27,30). The predicted octanol–water partition coefficient (Wildman–Crippen LogP) is 4.19. The Bertz CT molecular complexity index is 1060. The van der Waals surface area contributed by atoms with Crippen LogP contribution in [0.4, 0.5) is 5.69 Å². The van der Waals surface area contributed by atoms with E-state index >= 15 is 0 Å². The fraction of sp³-hybridized carbons (Fsp3) is 0.400. The molecule has 3 amide bonds. The third-order valence-electron chi connectivity index (χ3n) is 6.90. The van der Waals surface area contributed by atoms with Gasteiger partial charge in [-0.2, -0.15) is 0 Å². The van der Waals surface area contributed by atoms with E-state index in [1.165, 1.54) is 6.42 Å². The van der Waals surface area contributed by atoms with Crippen molar-refractivity contribution in [3.05, 3.63) is 53.1 Å². The van der Waals surface area contributed by atoms with Crippen LogP contribution in [0, 0.1) is 5.92 Å². The van der Waals surface area contributed by atoms with Gasteiger partial charge >= 0.3 is 0 Å². The van der Waals surface area contributed by atoms with Crippen LogP contribution in [0.1, 0.15) is 42.5 Å². The lowest BCUT2D eigenvalue weighted by molar-refractivity contribution is -0.140. The second kappa shape index (κ2) is 8.58. The van der Waals surface area contributed by atoms with E-state index < -0.39 is 6.04 Å². The summed E-state index contributed by atoms with van der Waals surface area (Å²) >= 11 is 6.00. The van der Waals surface area contributed by atoms with Crippen molar-refractivity contribution in [3.8, 4) is 11.1 Å². The Labute approximate surface area is 192 Å². The number of halogens is 1. The first kappa shape index (κ1) is 21.0. The summed E-state index contributed by atoms with van der Waals surface area (Å²) in [7, 11) is 0. The molecular weight excluding hydrogens is 426 g/mol. The number of nitrogens with zero attached hydrogens (tertiary/aromatic N) is 2. The van der Waals surface area contributed by atoms with Crippen molar-refractivity contribution < 1.29 is 14.4 Å². The van der Waals surface area contributed by atoms with E-state index in [2.05, 4.69) is 5.32 Å². The predicted molar refractivity (Wildman–Crippen MR) is 123 cm³/mol. The summed E-state index contributed by atoms with van der Waals surface area (Å²) in [6.45, 7) is 1.09. The highest BCUT2D eigenvalue weighted by molar-refractivity contribution is 6.30. The molecule has 0 aromatic heterocycles. The molecule has 2 heterocycles. The summed E-state index contributed by atoms with van der Waals surface area (Å²) in [5.74, 6) is -0.225. The molecule has 7 heteroatoms. The van der Waals surface area contributed by atoms with Crippen LogP contribution in [0.2, 0.25) is 5.02 Å². The molecule has 2 aliphatic heterocycles. The lowest BCUT2D eigenvalue weighted by Crippen LogP contribution is -2.60. The van der Waals surface area contributed by atoms with Gasteiger partial charge in [0.15, 0.2) is 0 Å². The smallest absolute Gasteiger partial charge is 0.256 e. The monoisotopic (exact) mass is 451 g/mol. The van der Waals surface area contributed by atoms with E-state index in [0.717, 1.165) is 36.8 Å². The molecule has 0 radical (unpaired) electrons. The van der Waals surface area contributed by atoms with Gasteiger partial charge in [-0.25, -0.2) is 0 Å². The van der Waals surface area contributed by atoms with Gasteiger partial charge in [-0.3, -0.25) is 14.4 Å². The van der Waals surface area contributed by atoms with Gasteiger partial charge in [0.2, 0.25) is 11.8 Å². The fourth-order valence-electron chi connectivity index (χ4n) is 5.08. The topological polar surface area (TPSA) is 69.7 Å². The Balaban J connectivity index is 1.39. The molecule has 2 fully saturated rings. The summed E-state index contributed by atoms with van der Waals surface area (Å²) in [5.41, 5.74) is 2.81. The van der Waals surface area contributed by atoms with Crippen LogP contribution in [0.25, 0.3) is 11.1 Å². The van der Waals surface area contributed by atoms with Gasteiger partial charge in [0.05, 0.1) is 17.8 Å². The lowest BCUT2D eigenvalue weighted by Gasteiger charge is -2.40. The molecule has 6 nitrogen and oxygen atoms in total. The molecule has 1 saturated carbocycles. The van der Waals surface area contributed by atoms with Crippen molar-refractivity contribution in [3.63, 3.8) is 0 Å². The number of benzene rings is 2. The summed E-state index contributed by atoms with van der Waals surface area (Å²) < 4.78 is 0. The van der Waals surface area contributed by atoms with E-state index in [1.54, 1.807) is 15.9 Å². The Hall–Kier alpha value is -2.86. The molecule has 2 aromatic carbocycles. The summed E-state index contributed by atoms with van der Waals surface area (Å²) in [6.07, 6.45) is 5.21. The van der Waals surface area contributed by atoms with Gasteiger partial charge in [0.1, 0.15) is 6.04 Å². The molecule has 32 heavy (non-hydrogen) atoms. The molecule has 1 N–H and O–H groups in total. The van der Waals surface area contributed by atoms with Crippen LogP contribution in [-0.4, -0.2) is 53.2 Å². The molecule has 5 rings (SSSR count). The van der Waals surface area contributed by atoms with Crippen LogP contribution in [0.15, 0.2) is 42.5 Å². The number of piperazine rings is 1. The number of nitrogens with one attached hydrogen (secondary N) is 1. The molecule has 3 aliphatic rings.